The van der Waals surface area contributed by atoms with Crippen LogP contribution < -0.4 is 16.1 Å². The lowest BCUT2D eigenvalue weighted by Gasteiger charge is -2.19. The highest BCUT2D eigenvalue weighted by Crippen LogP contribution is 2.39. The van der Waals surface area contributed by atoms with E-state index in [9.17, 15) is 36.3 Å². The van der Waals surface area contributed by atoms with Gasteiger partial charge in [-0.2, -0.15) is 18.3 Å². The minimum Gasteiger partial charge on any atom is -0.456 e. The number of aromatic amines is 2. The molecule has 3 aromatic rings. The number of anilines is 1. The van der Waals surface area contributed by atoms with Crippen LogP contribution in [0.4, 0.5) is 27.6 Å². The average molecular weight is 474 g/mol. The predicted octanol–water partition coefficient (Wildman–Crippen LogP) is 1.34. The van der Waals surface area contributed by atoms with Gasteiger partial charge in [-0.1, -0.05) is 0 Å². The van der Waals surface area contributed by atoms with Crippen molar-refractivity contribution in [1.29, 1.82) is 0 Å². The number of carbonyl (C=O) groups excluding carboxylic acids is 1. The smallest absolute Gasteiger partial charge is 0.422 e. The summed E-state index contributed by atoms with van der Waals surface area (Å²) >= 11 is 0. The molecule has 1 aliphatic rings. The summed E-state index contributed by atoms with van der Waals surface area (Å²) in [5, 5.41) is 4.20. The number of hydrogen-bond acceptors (Lipinski definition) is 7. The van der Waals surface area contributed by atoms with Gasteiger partial charge in [0.2, 0.25) is 0 Å². The SMILES string of the molecule is O=C(CC1CN(c2cc(-c3c[nH]c(=O)[nH]c3=O)nn3ccnc23)CC1(F)F)OCC(F)(F)F. The molecule has 2 N–H and O–H groups in total. The summed E-state index contributed by atoms with van der Waals surface area (Å²) in [5.74, 6) is -6.42. The molecule has 1 fully saturated rings. The van der Waals surface area contributed by atoms with Gasteiger partial charge in [-0.3, -0.25) is 14.6 Å². The summed E-state index contributed by atoms with van der Waals surface area (Å²) in [4.78, 5) is 44.7. The number of alkyl halides is 5. The van der Waals surface area contributed by atoms with Crippen molar-refractivity contribution in [3.05, 3.63) is 45.5 Å². The van der Waals surface area contributed by atoms with Crippen LogP contribution in [0.2, 0.25) is 0 Å². The first kappa shape index (κ1) is 22.4. The number of H-pyrrole nitrogens is 2. The number of rotatable bonds is 5. The maximum atomic E-state index is 14.6. The first-order valence-electron chi connectivity index (χ1n) is 9.45. The number of aromatic nitrogens is 5. The number of imidazole rings is 1. The molecule has 1 aliphatic heterocycles. The molecule has 0 aliphatic carbocycles. The van der Waals surface area contributed by atoms with Gasteiger partial charge in [0.1, 0.15) is 5.69 Å². The van der Waals surface area contributed by atoms with Gasteiger partial charge in [-0.15, -0.1) is 0 Å². The minimum atomic E-state index is -4.76. The third kappa shape index (κ3) is 4.70. The number of nitrogens with zero attached hydrogens (tertiary/aromatic N) is 4. The summed E-state index contributed by atoms with van der Waals surface area (Å²) in [7, 11) is 0. The minimum absolute atomic E-state index is 0.0373. The van der Waals surface area contributed by atoms with E-state index in [4.69, 9.17) is 0 Å². The highest BCUT2D eigenvalue weighted by atomic mass is 19.4. The highest BCUT2D eigenvalue weighted by Gasteiger charge is 2.49. The zero-order valence-corrected chi connectivity index (χ0v) is 16.5. The van der Waals surface area contributed by atoms with Crippen LogP contribution in [0.3, 0.4) is 0 Å². The standard InChI is InChI=1S/C18H15F5N6O4/c19-17(20)7-28(6-9(17)3-13(30)33-8-18(21,22)23)12-4-11(27-29-2-1-24-14(12)29)10-5-25-16(32)26-15(10)31/h1-2,4-5,9H,3,6-8H2,(H2,25,26,31,32). The van der Waals surface area contributed by atoms with Crippen molar-refractivity contribution in [1.82, 2.24) is 24.6 Å². The Hall–Kier alpha value is -3.78. The Balaban J connectivity index is 1.64. The lowest BCUT2D eigenvalue weighted by atomic mass is 10.0. The quantitative estimate of drug-likeness (QED) is 0.422. The second-order valence-corrected chi connectivity index (χ2v) is 7.41. The molecule has 4 rings (SSSR count). The maximum Gasteiger partial charge on any atom is 0.422 e. The molecule has 3 aromatic heterocycles. The molecule has 0 radical (unpaired) electrons. The van der Waals surface area contributed by atoms with E-state index < -0.39 is 54.8 Å². The lowest BCUT2D eigenvalue weighted by molar-refractivity contribution is -0.188. The van der Waals surface area contributed by atoms with Crippen molar-refractivity contribution in [3.63, 3.8) is 0 Å². The molecule has 1 unspecified atom stereocenters. The normalized spacial score (nSPS) is 18.1. The predicted molar refractivity (Wildman–Crippen MR) is 102 cm³/mol. The van der Waals surface area contributed by atoms with Gasteiger partial charge in [0.15, 0.2) is 12.3 Å². The number of hydrogen-bond donors (Lipinski definition) is 2. The molecule has 1 atom stereocenters. The van der Waals surface area contributed by atoms with Crippen LogP contribution in [-0.4, -0.2) is 62.3 Å². The van der Waals surface area contributed by atoms with Crippen LogP contribution in [0.5, 0.6) is 0 Å². The summed E-state index contributed by atoms with van der Waals surface area (Å²) in [5.41, 5.74) is -1.16. The Morgan fingerprint density at radius 2 is 2.06 bits per heavy atom. The molecule has 1 saturated heterocycles. The van der Waals surface area contributed by atoms with Crippen molar-refractivity contribution in [2.24, 2.45) is 5.92 Å². The fourth-order valence-electron chi connectivity index (χ4n) is 3.53. The Morgan fingerprint density at radius 1 is 1.30 bits per heavy atom. The zero-order valence-electron chi connectivity index (χ0n) is 16.5. The zero-order chi connectivity index (χ0) is 24.0. The third-order valence-corrected chi connectivity index (χ3v) is 5.03. The monoisotopic (exact) mass is 474 g/mol. The van der Waals surface area contributed by atoms with Gasteiger partial charge in [0, 0.05) is 25.1 Å². The summed E-state index contributed by atoms with van der Waals surface area (Å²) in [6, 6.07) is 1.33. The van der Waals surface area contributed by atoms with Crippen LogP contribution in [0.15, 0.2) is 34.2 Å². The third-order valence-electron chi connectivity index (χ3n) is 5.03. The van der Waals surface area contributed by atoms with Crippen molar-refractivity contribution < 1.29 is 31.5 Å². The van der Waals surface area contributed by atoms with E-state index in [1.807, 2.05) is 4.98 Å². The van der Waals surface area contributed by atoms with Crippen LogP contribution in [-0.2, 0) is 9.53 Å². The number of nitrogens with one attached hydrogen (secondary N) is 2. The van der Waals surface area contributed by atoms with E-state index in [1.165, 1.54) is 27.9 Å². The number of carbonyl (C=O) groups is 1. The summed E-state index contributed by atoms with van der Waals surface area (Å²) in [6.45, 7) is -3.09. The van der Waals surface area contributed by atoms with E-state index in [1.54, 1.807) is 0 Å². The van der Waals surface area contributed by atoms with Crippen molar-refractivity contribution >= 4 is 17.3 Å². The molecular formula is C18H15F5N6O4. The molecule has 4 heterocycles. The van der Waals surface area contributed by atoms with E-state index in [0.717, 1.165) is 6.20 Å². The van der Waals surface area contributed by atoms with Crippen LogP contribution in [0.1, 0.15) is 6.42 Å². The molecule has 0 saturated carbocycles. The van der Waals surface area contributed by atoms with Crippen LogP contribution in [0, 0.1) is 5.92 Å². The van der Waals surface area contributed by atoms with Crippen molar-refractivity contribution in [3.8, 4) is 11.3 Å². The average Bonchev–Trinajstić information content (AvgIpc) is 3.29. The second-order valence-electron chi connectivity index (χ2n) is 7.41. The topological polar surface area (TPSA) is 125 Å². The number of esters is 1. The number of ether oxygens (including phenoxy) is 1. The van der Waals surface area contributed by atoms with Gasteiger partial charge >= 0.3 is 17.8 Å². The molecular weight excluding hydrogens is 459 g/mol. The van der Waals surface area contributed by atoms with Crippen LogP contribution >= 0.6 is 0 Å². The molecule has 176 valence electrons. The highest BCUT2D eigenvalue weighted by molar-refractivity contribution is 5.75. The van der Waals surface area contributed by atoms with Crippen molar-refractivity contribution in [2.75, 3.05) is 24.6 Å². The Labute approximate surface area is 180 Å². The van der Waals surface area contributed by atoms with Gasteiger partial charge in [-0.25, -0.2) is 23.1 Å². The molecule has 10 nitrogen and oxygen atoms in total. The van der Waals surface area contributed by atoms with Gasteiger partial charge in [-0.05, 0) is 6.07 Å². The number of halogens is 5. The number of fused-ring (bicyclic) bond motifs is 1. The van der Waals surface area contributed by atoms with E-state index in [2.05, 4.69) is 19.8 Å². The molecule has 0 spiro atoms. The first-order valence-corrected chi connectivity index (χ1v) is 9.45. The second kappa shape index (κ2) is 7.97. The molecule has 15 heteroatoms. The Morgan fingerprint density at radius 3 is 2.76 bits per heavy atom. The van der Waals surface area contributed by atoms with Gasteiger partial charge in [0.05, 0.1) is 30.1 Å². The maximum absolute atomic E-state index is 14.6. The largest absolute Gasteiger partial charge is 0.456 e. The van der Waals surface area contributed by atoms with E-state index >= 15 is 0 Å². The fourth-order valence-corrected chi connectivity index (χ4v) is 3.53. The molecule has 0 aromatic carbocycles. The summed E-state index contributed by atoms with van der Waals surface area (Å²) < 4.78 is 71.2. The molecule has 0 amide bonds. The molecule has 0 bridgehead atoms. The van der Waals surface area contributed by atoms with Crippen molar-refractivity contribution in [2.45, 2.75) is 18.5 Å². The van der Waals surface area contributed by atoms with Gasteiger partial charge < -0.3 is 14.6 Å². The van der Waals surface area contributed by atoms with Gasteiger partial charge in [0.25, 0.3) is 11.5 Å². The Bertz CT molecular complexity index is 1310. The van der Waals surface area contributed by atoms with E-state index in [-0.39, 0.29) is 29.1 Å². The van der Waals surface area contributed by atoms with E-state index in [0.29, 0.717) is 0 Å². The molecule has 33 heavy (non-hydrogen) atoms. The fraction of sp³-hybridized carbons (Fsp3) is 0.389. The first-order chi connectivity index (χ1) is 15.4. The Kier molecular flexibility index (Phi) is 5.41. The lowest BCUT2D eigenvalue weighted by Crippen LogP contribution is -2.30. The summed E-state index contributed by atoms with van der Waals surface area (Å²) in [6.07, 6.45) is -1.79. The van der Waals surface area contributed by atoms with Crippen LogP contribution in [0.25, 0.3) is 16.9 Å².